The fourth-order valence-corrected chi connectivity index (χ4v) is 6.20. The van der Waals surface area contributed by atoms with Crippen LogP contribution in [0.5, 0.6) is 0 Å². The Balaban J connectivity index is 1.50. The summed E-state index contributed by atoms with van der Waals surface area (Å²) in [5, 5.41) is 3.33. The van der Waals surface area contributed by atoms with Gasteiger partial charge in [0.2, 0.25) is 5.95 Å². The van der Waals surface area contributed by atoms with Crippen LogP contribution in [0.4, 0.5) is 16.2 Å². The van der Waals surface area contributed by atoms with Crippen molar-refractivity contribution in [1.29, 1.82) is 0 Å². The molecule has 1 saturated heterocycles. The summed E-state index contributed by atoms with van der Waals surface area (Å²) >= 11 is 1.24. The van der Waals surface area contributed by atoms with Crippen LogP contribution in [0.2, 0.25) is 0 Å². The Bertz CT molecular complexity index is 1570. The smallest absolute Gasteiger partial charge is 0.259 e. The van der Waals surface area contributed by atoms with Gasteiger partial charge >= 0.3 is 0 Å². The quantitative estimate of drug-likeness (QED) is 0.379. The molecule has 0 aromatic carbocycles. The third kappa shape index (κ3) is 4.53. The lowest BCUT2D eigenvalue weighted by Gasteiger charge is -2.29. The number of aryl methyl sites for hydroxylation is 2. The van der Waals surface area contributed by atoms with Gasteiger partial charge in [-0.05, 0) is 74.5 Å². The van der Waals surface area contributed by atoms with Gasteiger partial charge in [-0.15, -0.1) is 11.3 Å². The Kier molecular flexibility index (Phi) is 5.65. The number of nitrogens with one attached hydrogen (secondary N) is 1. The first kappa shape index (κ1) is 21.0. The molecule has 188 valence electrons. The highest BCUT2D eigenvalue weighted by Gasteiger charge is 2.22. The third-order valence-corrected chi connectivity index (χ3v) is 8.25. The van der Waals surface area contributed by atoms with E-state index in [9.17, 15) is 4.79 Å². The van der Waals surface area contributed by atoms with E-state index in [-0.39, 0.29) is 22.9 Å². The van der Waals surface area contributed by atoms with Crippen LogP contribution < -0.4 is 10.9 Å². The zero-order chi connectivity index (χ0) is 28.1. The van der Waals surface area contributed by atoms with Gasteiger partial charge in [-0.1, -0.05) is 19.9 Å². The van der Waals surface area contributed by atoms with Crippen molar-refractivity contribution >= 4 is 33.2 Å². The number of anilines is 2. The Morgan fingerprint density at radius 1 is 1.22 bits per heavy atom. The van der Waals surface area contributed by atoms with Crippen LogP contribution in [0.15, 0.2) is 35.5 Å². The summed E-state index contributed by atoms with van der Waals surface area (Å²) in [7, 11) is 2.13. The first-order chi connectivity index (χ1) is 18.4. The molecule has 0 saturated carbocycles. The maximum absolute atomic E-state index is 15.1. The molecular weight excluding hydrogens is 475 g/mol. The minimum absolute atomic E-state index is 0.0451. The van der Waals surface area contributed by atoms with Gasteiger partial charge in [0.05, 0.1) is 16.5 Å². The predicted molar refractivity (Wildman–Crippen MR) is 144 cm³/mol. The maximum Gasteiger partial charge on any atom is 0.259 e. The molecule has 4 aromatic heterocycles. The lowest BCUT2D eigenvalue weighted by molar-refractivity contribution is 0.255. The summed E-state index contributed by atoms with van der Waals surface area (Å²) in [6, 6.07) is 3.92. The first-order valence-electron chi connectivity index (χ1n) is 13.6. The average Bonchev–Trinajstić information content (AvgIpc) is 3.23. The second-order valence-electron chi connectivity index (χ2n) is 9.74. The molecule has 4 aromatic rings. The fraction of sp³-hybridized carbons (Fsp3) is 0.407. The zero-order valence-corrected chi connectivity index (χ0v) is 21.6. The summed E-state index contributed by atoms with van der Waals surface area (Å²) in [6.45, 7) is 5.05. The van der Waals surface area contributed by atoms with E-state index in [0.29, 0.717) is 32.4 Å². The van der Waals surface area contributed by atoms with E-state index in [0.717, 1.165) is 36.7 Å². The van der Waals surface area contributed by atoms with Gasteiger partial charge in [0, 0.05) is 28.2 Å². The number of likely N-dealkylation sites (tertiary alicyclic amines) is 1. The first-order valence-corrected chi connectivity index (χ1v) is 12.9. The minimum Gasteiger partial charge on any atom is -0.318 e. The Morgan fingerprint density at radius 2 is 2.00 bits per heavy atom. The van der Waals surface area contributed by atoms with Crippen molar-refractivity contribution in [1.82, 2.24) is 24.4 Å². The molecule has 7 nitrogen and oxygen atoms in total. The highest BCUT2D eigenvalue weighted by molar-refractivity contribution is 7.22. The van der Waals surface area contributed by atoms with Gasteiger partial charge in [-0.3, -0.25) is 4.79 Å². The lowest BCUT2D eigenvalue weighted by atomic mass is 9.91. The highest BCUT2D eigenvalue weighted by atomic mass is 32.1. The number of fused-ring (bicyclic) bond motifs is 1. The van der Waals surface area contributed by atoms with Crippen molar-refractivity contribution < 1.29 is 8.50 Å². The number of rotatable bonds is 5. The number of hydrogen-bond donors (Lipinski definition) is 1. The lowest BCUT2D eigenvalue weighted by Crippen LogP contribution is -2.29. The molecule has 1 N–H and O–H groups in total. The molecule has 1 aliphatic rings. The molecule has 0 bridgehead atoms. The van der Waals surface area contributed by atoms with E-state index in [1.165, 1.54) is 23.1 Å². The summed E-state index contributed by atoms with van der Waals surface area (Å²) in [4.78, 5) is 29.1. The van der Waals surface area contributed by atoms with E-state index in [1.54, 1.807) is 6.92 Å². The van der Waals surface area contributed by atoms with Crippen molar-refractivity contribution in [2.75, 3.05) is 25.5 Å². The van der Waals surface area contributed by atoms with Crippen molar-refractivity contribution in [2.45, 2.75) is 45.4 Å². The van der Waals surface area contributed by atoms with Gasteiger partial charge in [0.25, 0.3) is 5.56 Å². The molecule has 5 heterocycles. The average molecular weight is 510 g/mol. The second-order valence-corrected chi connectivity index (χ2v) is 10.8. The van der Waals surface area contributed by atoms with Gasteiger partial charge in [-0.25, -0.2) is 19.3 Å². The standard InChI is InChI=1S/C27H31FN6OS/c1-15(2)19-14-34(5)26(35)22-16(3)24(36-25(19)22)23-20(28)13-30-27(32-23)31-21-7-6-18(12-29-21)17-8-10-33(4)11-9-17/h6-7,12-15,17H,8-11H2,1-5H3,(H,29,30,31,32)/i5D3. The number of aromatic nitrogens is 4. The minimum atomic E-state index is -2.63. The number of hydrogen-bond acceptors (Lipinski definition) is 7. The molecular formula is C27H31FN6OS. The molecule has 0 radical (unpaired) electrons. The van der Waals surface area contributed by atoms with Gasteiger partial charge in [-0.2, -0.15) is 0 Å². The second kappa shape index (κ2) is 9.71. The molecule has 0 amide bonds. The van der Waals surface area contributed by atoms with Crippen LogP contribution in [0, 0.1) is 12.7 Å². The Labute approximate surface area is 218 Å². The molecule has 1 fully saturated rings. The van der Waals surface area contributed by atoms with E-state index < -0.39 is 18.4 Å². The van der Waals surface area contributed by atoms with Crippen LogP contribution in [0.1, 0.15) is 59.3 Å². The van der Waals surface area contributed by atoms with E-state index in [4.69, 9.17) is 4.11 Å². The summed E-state index contributed by atoms with van der Waals surface area (Å²) in [6.07, 6.45) is 6.54. The van der Waals surface area contributed by atoms with Crippen LogP contribution in [-0.2, 0) is 6.98 Å². The molecule has 0 aliphatic carbocycles. The normalized spacial score (nSPS) is 16.8. The van der Waals surface area contributed by atoms with Crippen LogP contribution >= 0.6 is 11.3 Å². The highest BCUT2D eigenvalue weighted by Crippen LogP contribution is 2.40. The predicted octanol–water partition coefficient (Wildman–Crippen LogP) is 5.58. The largest absolute Gasteiger partial charge is 0.318 e. The maximum atomic E-state index is 15.1. The Hall–Kier alpha value is -3.17. The Morgan fingerprint density at radius 3 is 2.67 bits per heavy atom. The SMILES string of the molecule is [2H]C([2H])([2H])n1cc(C(C)C)c2sc(-c3nc(Nc4ccc(C5CCN(C)CC5)cn4)ncc3F)c(C)c2c1=O. The monoisotopic (exact) mass is 509 g/mol. The van der Waals surface area contributed by atoms with Gasteiger partial charge in [0.1, 0.15) is 11.5 Å². The van der Waals surface area contributed by atoms with Crippen molar-refractivity contribution in [3.8, 4) is 10.6 Å². The van der Waals surface area contributed by atoms with Gasteiger partial charge in [0.15, 0.2) is 5.82 Å². The van der Waals surface area contributed by atoms with Crippen molar-refractivity contribution in [3.05, 3.63) is 63.6 Å². The van der Waals surface area contributed by atoms with E-state index >= 15 is 4.39 Å². The summed E-state index contributed by atoms with van der Waals surface area (Å²) in [5.74, 6) is 0.511. The third-order valence-electron chi connectivity index (χ3n) is 6.91. The number of pyridine rings is 2. The topological polar surface area (TPSA) is 75.9 Å². The molecule has 0 atom stereocenters. The number of halogens is 1. The molecule has 9 heteroatoms. The molecule has 5 rings (SSSR count). The van der Waals surface area contributed by atoms with Crippen LogP contribution in [0.25, 0.3) is 20.7 Å². The molecule has 0 unspecified atom stereocenters. The molecule has 0 spiro atoms. The van der Waals surface area contributed by atoms with Crippen molar-refractivity contribution in [3.63, 3.8) is 0 Å². The number of thiophene rings is 1. The number of nitrogens with zero attached hydrogens (tertiary/aromatic N) is 5. The molecule has 36 heavy (non-hydrogen) atoms. The summed E-state index contributed by atoms with van der Waals surface area (Å²) < 4.78 is 40.0. The van der Waals surface area contributed by atoms with Crippen LogP contribution in [0.3, 0.4) is 0 Å². The number of piperidine rings is 1. The molecule has 1 aliphatic heterocycles. The van der Waals surface area contributed by atoms with Crippen LogP contribution in [-0.4, -0.2) is 44.6 Å². The van der Waals surface area contributed by atoms with E-state index in [2.05, 4.69) is 38.3 Å². The van der Waals surface area contributed by atoms with Gasteiger partial charge < -0.3 is 14.8 Å². The van der Waals surface area contributed by atoms with E-state index in [1.807, 2.05) is 26.1 Å². The fourth-order valence-electron chi connectivity index (χ4n) is 4.75. The summed E-state index contributed by atoms with van der Waals surface area (Å²) in [5.41, 5.74) is 1.81. The zero-order valence-electron chi connectivity index (χ0n) is 23.8. The van der Waals surface area contributed by atoms with Crippen molar-refractivity contribution in [2.24, 2.45) is 6.98 Å².